The Kier molecular flexibility index (Phi) is 2.64. The number of hydrogen-bond donors (Lipinski definition) is 3. The van der Waals surface area contributed by atoms with Crippen molar-refractivity contribution in [1.82, 2.24) is 15.2 Å². The quantitative estimate of drug-likeness (QED) is 0.673. The predicted octanol–water partition coefficient (Wildman–Crippen LogP) is 0.340. The van der Waals surface area contributed by atoms with Crippen molar-refractivity contribution in [3.05, 3.63) is 52.2 Å². The van der Waals surface area contributed by atoms with E-state index in [2.05, 4.69) is 15.2 Å². The molecule has 4 N–H and O–H groups in total. The second-order valence-electron chi connectivity index (χ2n) is 3.36. The molecule has 2 rings (SSSR count). The van der Waals surface area contributed by atoms with Gasteiger partial charge in [0.15, 0.2) is 0 Å². The van der Waals surface area contributed by atoms with Gasteiger partial charge in [0.2, 0.25) is 0 Å². The highest BCUT2D eigenvalue weighted by atomic mass is 16.1. The number of nitrogens with one attached hydrogen (secondary N) is 2. The van der Waals surface area contributed by atoms with Crippen molar-refractivity contribution < 1.29 is 0 Å². The molecule has 0 radical (unpaired) electrons. The van der Waals surface area contributed by atoms with Crippen LogP contribution in [0.2, 0.25) is 0 Å². The molecule has 1 atom stereocenters. The molecule has 0 aliphatic carbocycles. The maximum absolute atomic E-state index is 10.8. The fourth-order valence-corrected chi connectivity index (χ4v) is 1.42. The van der Waals surface area contributed by atoms with Gasteiger partial charge >= 0.3 is 5.69 Å². The molecule has 5 nitrogen and oxygen atoms in total. The van der Waals surface area contributed by atoms with E-state index in [4.69, 9.17) is 5.73 Å². The molecule has 0 spiro atoms. The van der Waals surface area contributed by atoms with Crippen LogP contribution in [0.1, 0.15) is 17.4 Å². The van der Waals surface area contributed by atoms with Gasteiger partial charge in [-0.05, 0) is 12.0 Å². The number of H-pyrrole nitrogens is 2. The summed E-state index contributed by atoms with van der Waals surface area (Å²) in [5.74, 6) is 0.490. The molecule has 0 saturated carbocycles. The van der Waals surface area contributed by atoms with Crippen LogP contribution < -0.4 is 11.4 Å². The third-order valence-electron chi connectivity index (χ3n) is 2.17. The summed E-state index contributed by atoms with van der Waals surface area (Å²) in [5.41, 5.74) is 6.68. The maximum atomic E-state index is 10.8. The summed E-state index contributed by atoms with van der Waals surface area (Å²) in [4.78, 5) is 13.4. The van der Waals surface area contributed by atoms with E-state index >= 15 is 0 Å². The van der Waals surface area contributed by atoms with E-state index in [1.54, 1.807) is 0 Å². The van der Waals surface area contributed by atoms with E-state index in [0.717, 1.165) is 5.56 Å². The molecular weight excluding hydrogens is 192 g/mol. The minimum Gasteiger partial charge on any atom is -0.321 e. The van der Waals surface area contributed by atoms with Gasteiger partial charge in [-0.3, -0.25) is 4.98 Å². The smallest absolute Gasteiger partial charge is 0.321 e. The van der Waals surface area contributed by atoms with Crippen LogP contribution in [0.3, 0.4) is 0 Å². The molecule has 0 unspecified atom stereocenters. The van der Waals surface area contributed by atoms with Crippen molar-refractivity contribution in [2.45, 2.75) is 12.5 Å². The van der Waals surface area contributed by atoms with Gasteiger partial charge in [0.1, 0.15) is 5.82 Å². The largest absolute Gasteiger partial charge is 0.340 e. The number of hydrogen-bond acceptors (Lipinski definition) is 3. The molecular formula is C10H12N4O. The number of benzene rings is 1. The summed E-state index contributed by atoms with van der Waals surface area (Å²) < 4.78 is 0. The van der Waals surface area contributed by atoms with Crippen molar-refractivity contribution in [3.63, 3.8) is 0 Å². The van der Waals surface area contributed by atoms with Crippen LogP contribution in [0.25, 0.3) is 0 Å². The van der Waals surface area contributed by atoms with Crippen molar-refractivity contribution in [1.29, 1.82) is 0 Å². The van der Waals surface area contributed by atoms with Crippen molar-refractivity contribution >= 4 is 0 Å². The lowest BCUT2D eigenvalue weighted by atomic mass is 10.1. The minimum atomic E-state index is -0.325. The van der Waals surface area contributed by atoms with Gasteiger partial charge < -0.3 is 5.73 Å². The van der Waals surface area contributed by atoms with E-state index in [-0.39, 0.29) is 11.7 Å². The van der Waals surface area contributed by atoms with E-state index in [1.165, 1.54) is 0 Å². The number of nitrogens with zero attached hydrogens (tertiary/aromatic N) is 1. The van der Waals surface area contributed by atoms with Crippen LogP contribution in [-0.2, 0) is 6.42 Å². The minimum absolute atomic E-state index is 0.286. The zero-order chi connectivity index (χ0) is 10.7. The molecule has 0 saturated heterocycles. The fourth-order valence-electron chi connectivity index (χ4n) is 1.42. The number of nitrogens with two attached hydrogens (primary N) is 1. The van der Waals surface area contributed by atoms with Crippen molar-refractivity contribution in [3.8, 4) is 0 Å². The molecule has 15 heavy (non-hydrogen) atoms. The lowest BCUT2D eigenvalue weighted by Crippen LogP contribution is -2.15. The number of aromatic nitrogens is 3. The highest BCUT2D eigenvalue weighted by Crippen LogP contribution is 2.10. The average Bonchev–Trinajstić information content (AvgIpc) is 2.66. The first-order chi connectivity index (χ1) is 7.25. The van der Waals surface area contributed by atoms with Crippen molar-refractivity contribution in [2.75, 3.05) is 0 Å². The summed E-state index contributed by atoms with van der Waals surface area (Å²) in [7, 11) is 0. The van der Waals surface area contributed by atoms with Gasteiger partial charge in [0.25, 0.3) is 0 Å². The standard InChI is InChI=1S/C10H12N4O/c11-8(9-12-10(15)14-13-9)6-7-4-2-1-3-5-7/h1-5,8H,6,11H2,(H2,12,13,14,15)/t8-/m1/s1. The average molecular weight is 204 g/mol. The Morgan fingerprint density at radius 3 is 2.67 bits per heavy atom. The van der Waals surface area contributed by atoms with Crippen molar-refractivity contribution in [2.24, 2.45) is 5.73 Å². The number of aromatic amines is 2. The lowest BCUT2D eigenvalue weighted by molar-refractivity contribution is 0.671. The molecule has 1 aromatic heterocycles. The molecule has 5 heteroatoms. The van der Waals surface area contributed by atoms with Crippen LogP contribution >= 0.6 is 0 Å². The Morgan fingerprint density at radius 2 is 2.07 bits per heavy atom. The van der Waals surface area contributed by atoms with E-state index in [0.29, 0.717) is 12.2 Å². The summed E-state index contributed by atoms with van der Waals surface area (Å²) in [6.07, 6.45) is 0.654. The Morgan fingerprint density at radius 1 is 1.33 bits per heavy atom. The van der Waals surface area contributed by atoms with Crippen LogP contribution in [0.15, 0.2) is 35.1 Å². The molecule has 0 amide bonds. The first-order valence-corrected chi connectivity index (χ1v) is 4.70. The van der Waals surface area contributed by atoms with Gasteiger partial charge in [0, 0.05) is 0 Å². The molecule has 2 aromatic rings. The summed E-state index contributed by atoms with van der Waals surface area (Å²) in [5, 5.41) is 6.09. The summed E-state index contributed by atoms with van der Waals surface area (Å²) >= 11 is 0. The Bertz CT molecular complexity index is 473. The molecule has 0 aliphatic heterocycles. The first kappa shape index (κ1) is 9.67. The lowest BCUT2D eigenvalue weighted by Gasteiger charge is -2.07. The monoisotopic (exact) mass is 204 g/mol. The molecule has 0 fully saturated rings. The molecule has 0 aliphatic rings. The van der Waals surface area contributed by atoms with Gasteiger partial charge in [0.05, 0.1) is 6.04 Å². The molecule has 1 aromatic carbocycles. The maximum Gasteiger partial charge on any atom is 0.340 e. The van der Waals surface area contributed by atoms with Gasteiger partial charge in [-0.2, -0.15) is 5.10 Å². The second kappa shape index (κ2) is 4.10. The van der Waals surface area contributed by atoms with Gasteiger partial charge in [-0.15, -0.1) is 0 Å². The highest BCUT2D eigenvalue weighted by Gasteiger charge is 2.10. The molecule has 78 valence electrons. The fraction of sp³-hybridized carbons (Fsp3) is 0.200. The van der Waals surface area contributed by atoms with Crippen LogP contribution in [-0.4, -0.2) is 15.2 Å². The van der Waals surface area contributed by atoms with Crippen LogP contribution in [0, 0.1) is 0 Å². The third-order valence-corrected chi connectivity index (χ3v) is 2.17. The highest BCUT2D eigenvalue weighted by molar-refractivity contribution is 5.16. The Hall–Kier alpha value is -1.88. The van der Waals surface area contributed by atoms with Crippen LogP contribution in [0.5, 0.6) is 0 Å². The predicted molar refractivity (Wildman–Crippen MR) is 56.3 cm³/mol. The SMILES string of the molecule is N[C@H](Cc1ccccc1)c1n[nH]c(=O)[nH]1. The zero-order valence-electron chi connectivity index (χ0n) is 8.10. The topological polar surface area (TPSA) is 87.6 Å². The summed E-state index contributed by atoms with van der Waals surface area (Å²) in [6.45, 7) is 0. The second-order valence-corrected chi connectivity index (χ2v) is 3.36. The van der Waals surface area contributed by atoms with E-state index < -0.39 is 0 Å². The number of rotatable bonds is 3. The first-order valence-electron chi connectivity index (χ1n) is 4.70. The Labute approximate surface area is 86.3 Å². The van der Waals surface area contributed by atoms with Gasteiger partial charge in [-0.1, -0.05) is 30.3 Å². The Balaban J connectivity index is 2.10. The zero-order valence-corrected chi connectivity index (χ0v) is 8.10. The third kappa shape index (κ3) is 2.32. The molecule has 1 heterocycles. The van der Waals surface area contributed by atoms with E-state index in [9.17, 15) is 4.79 Å². The van der Waals surface area contributed by atoms with E-state index in [1.807, 2.05) is 30.3 Å². The normalized spacial score (nSPS) is 12.6. The van der Waals surface area contributed by atoms with Gasteiger partial charge in [-0.25, -0.2) is 9.89 Å². The van der Waals surface area contributed by atoms with Crippen LogP contribution in [0.4, 0.5) is 0 Å². The summed E-state index contributed by atoms with van der Waals surface area (Å²) in [6, 6.07) is 9.55. The molecule has 0 bridgehead atoms.